The van der Waals surface area contributed by atoms with Gasteiger partial charge in [-0.3, -0.25) is 4.79 Å². The highest BCUT2D eigenvalue weighted by Crippen LogP contribution is 2.16. The molecule has 1 heterocycles. The number of imidazole rings is 1. The second kappa shape index (κ2) is 9.03. The molecule has 27 heavy (non-hydrogen) atoms. The summed E-state index contributed by atoms with van der Waals surface area (Å²) in [5.41, 5.74) is 4.70. The van der Waals surface area contributed by atoms with E-state index in [1.165, 1.54) is 16.7 Å². The van der Waals surface area contributed by atoms with Gasteiger partial charge in [0.15, 0.2) is 0 Å². The quantitative estimate of drug-likeness (QED) is 0.665. The average molecular weight is 363 g/mol. The van der Waals surface area contributed by atoms with E-state index in [-0.39, 0.29) is 5.91 Å². The predicted molar refractivity (Wildman–Crippen MR) is 106 cm³/mol. The molecule has 0 fully saturated rings. The molecule has 2 aromatic carbocycles. The Hall–Kier alpha value is -3.08. The van der Waals surface area contributed by atoms with E-state index in [2.05, 4.69) is 36.3 Å². The van der Waals surface area contributed by atoms with Crippen molar-refractivity contribution in [2.45, 2.75) is 33.4 Å². The molecule has 5 nitrogen and oxygen atoms in total. The summed E-state index contributed by atoms with van der Waals surface area (Å²) in [5.74, 6) is 0.792. The Bertz CT molecular complexity index is 871. The van der Waals surface area contributed by atoms with Gasteiger partial charge in [-0.1, -0.05) is 30.3 Å². The lowest BCUT2D eigenvalue weighted by molar-refractivity contribution is -0.121. The number of rotatable bonds is 8. The molecular weight excluding hydrogens is 338 g/mol. The first-order valence-corrected chi connectivity index (χ1v) is 9.10. The van der Waals surface area contributed by atoms with Crippen molar-refractivity contribution in [3.8, 4) is 5.75 Å². The number of hydrogen-bond acceptors (Lipinski definition) is 3. The zero-order valence-electron chi connectivity index (χ0n) is 15.8. The second-order valence-electron chi connectivity index (χ2n) is 6.67. The van der Waals surface area contributed by atoms with Crippen molar-refractivity contribution in [1.29, 1.82) is 0 Å². The maximum Gasteiger partial charge on any atom is 0.223 e. The molecule has 0 saturated heterocycles. The molecule has 0 radical (unpaired) electrons. The van der Waals surface area contributed by atoms with Gasteiger partial charge < -0.3 is 14.6 Å². The predicted octanol–water partition coefficient (Wildman–Crippen LogP) is 3.63. The fourth-order valence-electron chi connectivity index (χ4n) is 2.71. The van der Waals surface area contributed by atoms with Gasteiger partial charge >= 0.3 is 0 Å². The minimum atomic E-state index is -0.0127. The number of nitrogens with one attached hydrogen (secondary N) is 1. The number of ether oxygens (including phenoxy) is 1. The normalized spacial score (nSPS) is 10.6. The van der Waals surface area contributed by atoms with E-state index in [0.717, 1.165) is 17.9 Å². The van der Waals surface area contributed by atoms with Gasteiger partial charge in [-0.25, -0.2) is 4.98 Å². The van der Waals surface area contributed by atoms with Crippen molar-refractivity contribution >= 4 is 5.91 Å². The van der Waals surface area contributed by atoms with Crippen molar-refractivity contribution in [3.05, 3.63) is 83.4 Å². The summed E-state index contributed by atoms with van der Waals surface area (Å²) < 4.78 is 7.68. The van der Waals surface area contributed by atoms with E-state index in [9.17, 15) is 4.79 Å². The number of carbonyl (C=O) groups is 1. The highest BCUT2D eigenvalue weighted by Gasteiger charge is 2.04. The summed E-state index contributed by atoms with van der Waals surface area (Å²) >= 11 is 0. The largest absolute Gasteiger partial charge is 0.493 e. The SMILES string of the molecule is Cc1ccc(OCCC(=O)NCc2ccc(Cn3ccnc3)cc2)cc1C. The van der Waals surface area contributed by atoms with Gasteiger partial charge in [-0.05, 0) is 48.2 Å². The first kappa shape index (κ1) is 18.7. The summed E-state index contributed by atoms with van der Waals surface area (Å²) in [6, 6.07) is 14.2. The number of carbonyl (C=O) groups excluding carboxylic acids is 1. The number of hydrogen-bond donors (Lipinski definition) is 1. The van der Waals surface area contributed by atoms with Gasteiger partial charge in [0.1, 0.15) is 5.75 Å². The van der Waals surface area contributed by atoms with Crippen molar-refractivity contribution in [2.75, 3.05) is 6.61 Å². The van der Waals surface area contributed by atoms with E-state index < -0.39 is 0 Å². The van der Waals surface area contributed by atoms with Crippen molar-refractivity contribution < 1.29 is 9.53 Å². The number of amides is 1. The Morgan fingerprint density at radius 2 is 1.85 bits per heavy atom. The topological polar surface area (TPSA) is 56.1 Å². The van der Waals surface area contributed by atoms with Crippen LogP contribution in [0.1, 0.15) is 28.7 Å². The third-order valence-electron chi connectivity index (χ3n) is 4.51. The van der Waals surface area contributed by atoms with Gasteiger partial charge in [0.2, 0.25) is 5.91 Å². The Morgan fingerprint density at radius 1 is 1.07 bits per heavy atom. The Kier molecular flexibility index (Phi) is 6.26. The molecule has 1 amide bonds. The highest BCUT2D eigenvalue weighted by atomic mass is 16.5. The number of benzene rings is 2. The van der Waals surface area contributed by atoms with Crippen LogP contribution in [0.3, 0.4) is 0 Å². The molecule has 0 spiro atoms. The van der Waals surface area contributed by atoms with Gasteiger partial charge in [0.05, 0.1) is 19.4 Å². The lowest BCUT2D eigenvalue weighted by Gasteiger charge is -2.09. The Morgan fingerprint density at radius 3 is 2.56 bits per heavy atom. The van der Waals surface area contributed by atoms with Gasteiger partial charge in [0.25, 0.3) is 0 Å². The molecule has 3 rings (SSSR count). The molecular formula is C22H25N3O2. The standard InChI is InChI=1S/C22H25N3O2/c1-17-3-8-21(13-18(17)2)27-12-9-22(26)24-14-19-4-6-20(7-5-19)15-25-11-10-23-16-25/h3-8,10-11,13,16H,9,12,14-15H2,1-2H3,(H,24,26). The maximum atomic E-state index is 12.0. The molecule has 1 N–H and O–H groups in total. The van der Waals surface area contributed by atoms with Crippen LogP contribution >= 0.6 is 0 Å². The Labute approximate surface area is 160 Å². The van der Waals surface area contributed by atoms with Gasteiger partial charge in [-0.2, -0.15) is 0 Å². The van der Waals surface area contributed by atoms with Crippen LogP contribution in [0.25, 0.3) is 0 Å². The average Bonchev–Trinajstić information content (AvgIpc) is 3.17. The van der Waals surface area contributed by atoms with Crippen LogP contribution < -0.4 is 10.1 Å². The van der Waals surface area contributed by atoms with E-state index >= 15 is 0 Å². The zero-order valence-corrected chi connectivity index (χ0v) is 15.8. The third-order valence-corrected chi connectivity index (χ3v) is 4.51. The minimum Gasteiger partial charge on any atom is -0.493 e. The second-order valence-corrected chi connectivity index (χ2v) is 6.67. The van der Waals surface area contributed by atoms with E-state index in [4.69, 9.17) is 4.74 Å². The highest BCUT2D eigenvalue weighted by molar-refractivity contribution is 5.76. The molecule has 5 heteroatoms. The molecule has 3 aromatic rings. The minimum absolute atomic E-state index is 0.0127. The molecule has 0 aliphatic heterocycles. The van der Waals surface area contributed by atoms with E-state index in [1.807, 2.05) is 41.1 Å². The first-order chi connectivity index (χ1) is 13.1. The van der Waals surface area contributed by atoms with Crippen molar-refractivity contribution in [2.24, 2.45) is 0 Å². The van der Waals surface area contributed by atoms with Crippen molar-refractivity contribution in [1.82, 2.24) is 14.9 Å². The smallest absolute Gasteiger partial charge is 0.223 e. The monoisotopic (exact) mass is 363 g/mol. The molecule has 0 unspecified atom stereocenters. The van der Waals surface area contributed by atoms with Crippen LogP contribution in [-0.4, -0.2) is 22.1 Å². The molecule has 0 saturated carbocycles. The van der Waals surface area contributed by atoms with Gasteiger partial charge in [0, 0.05) is 25.5 Å². The fraction of sp³-hybridized carbons (Fsp3) is 0.273. The van der Waals surface area contributed by atoms with Gasteiger partial charge in [-0.15, -0.1) is 0 Å². The lowest BCUT2D eigenvalue weighted by atomic mass is 10.1. The van der Waals surface area contributed by atoms with Crippen LogP contribution in [0, 0.1) is 13.8 Å². The number of aromatic nitrogens is 2. The molecule has 140 valence electrons. The molecule has 1 aromatic heterocycles. The summed E-state index contributed by atoms with van der Waals surface area (Å²) in [6.07, 6.45) is 5.85. The van der Waals surface area contributed by atoms with E-state index in [1.54, 1.807) is 12.5 Å². The molecule has 0 atom stereocenters. The van der Waals surface area contributed by atoms with Crippen LogP contribution in [0.4, 0.5) is 0 Å². The fourth-order valence-corrected chi connectivity index (χ4v) is 2.71. The molecule has 0 aliphatic rings. The zero-order chi connectivity index (χ0) is 19.1. The van der Waals surface area contributed by atoms with Crippen molar-refractivity contribution in [3.63, 3.8) is 0 Å². The summed E-state index contributed by atoms with van der Waals surface area (Å²) in [7, 11) is 0. The third kappa shape index (κ3) is 5.71. The van der Waals surface area contributed by atoms with Crippen LogP contribution in [0.15, 0.2) is 61.2 Å². The van der Waals surface area contributed by atoms with Crippen LogP contribution in [-0.2, 0) is 17.9 Å². The maximum absolute atomic E-state index is 12.0. The number of aryl methyl sites for hydroxylation is 2. The lowest BCUT2D eigenvalue weighted by Crippen LogP contribution is -2.24. The summed E-state index contributed by atoms with van der Waals surface area (Å²) in [5, 5.41) is 2.94. The van der Waals surface area contributed by atoms with Crippen LogP contribution in [0.2, 0.25) is 0 Å². The number of nitrogens with zero attached hydrogens (tertiary/aromatic N) is 2. The molecule has 0 aliphatic carbocycles. The first-order valence-electron chi connectivity index (χ1n) is 9.10. The summed E-state index contributed by atoms with van der Waals surface area (Å²) in [4.78, 5) is 16.0. The molecule has 0 bridgehead atoms. The summed E-state index contributed by atoms with van der Waals surface area (Å²) in [6.45, 7) is 5.81. The van der Waals surface area contributed by atoms with E-state index in [0.29, 0.717) is 19.6 Å². The Balaban J connectivity index is 1.39. The van der Waals surface area contributed by atoms with Crippen LogP contribution in [0.5, 0.6) is 5.75 Å².